The molecule has 0 aromatic heterocycles. The van der Waals surface area contributed by atoms with Gasteiger partial charge in [0, 0.05) is 6.54 Å². The molecule has 4 nitrogen and oxygen atoms in total. The maximum absolute atomic E-state index is 11.7. The maximum atomic E-state index is 11.7. The molecule has 1 N–H and O–H groups in total. The summed E-state index contributed by atoms with van der Waals surface area (Å²) >= 11 is 0. The first-order chi connectivity index (χ1) is 8.76. The molecular formula is C14H17NO3. The van der Waals surface area contributed by atoms with E-state index in [2.05, 4.69) is 5.32 Å². The summed E-state index contributed by atoms with van der Waals surface area (Å²) in [6.07, 6.45) is 0.830. The zero-order chi connectivity index (χ0) is 13.0. The van der Waals surface area contributed by atoms with Crippen molar-refractivity contribution in [2.45, 2.75) is 6.42 Å². The molecule has 0 saturated carbocycles. The van der Waals surface area contributed by atoms with Gasteiger partial charge < -0.3 is 14.8 Å². The highest BCUT2D eigenvalue weighted by molar-refractivity contribution is 5.98. The van der Waals surface area contributed by atoms with E-state index in [1.165, 1.54) is 7.11 Å². The molecule has 0 bridgehead atoms. The van der Waals surface area contributed by atoms with E-state index in [4.69, 9.17) is 9.47 Å². The first-order valence-electron chi connectivity index (χ1n) is 5.91. The molecule has 0 fully saturated rings. The Morgan fingerprint density at radius 2 is 1.94 bits per heavy atom. The van der Waals surface area contributed by atoms with Crippen molar-refractivity contribution in [3.05, 3.63) is 35.4 Å². The van der Waals surface area contributed by atoms with Crippen LogP contribution in [0, 0.1) is 0 Å². The number of hydrogen-bond acceptors (Lipinski definition) is 4. The van der Waals surface area contributed by atoms with Crippen LogP contribution >= 0.6 is 0 Å². The minimum Gasteiger partial charge on any atom is -0.497 e. The molecular weight excluding hydrogens is 230 g/mol. The van der Waals surface area contributed by atoms with Crippen LogP contribution in [0.15, 0.2) is 29.8 Å². The van der Waals surface area contributed by atoms with Gasteiger partial charge in [-0.1, -0.05) is 12.1 Å². The zero-order valence-corrected chi connectivity index (χ0v) is 10.7. The van der Waals surface area contributed by atoms with Gasteiger partial charge in [-0.05, 0) is 36.2 Å². The first-order valence-corrected chi connectivity index (χ1v) is 5.91. The van der Waals surface area contributed by atoms with Gasteiger partial charge in [-0.2, -0.15) is 0 Å². The van der Waals surface area contributed by atoms with Crippen LogP contribution in [-0.2, 0) is 9.53 Å². The summed E-state index contributed by atoms with van der Waals surface area (Å²) in [6, 6.07) is 7.75. The molecule has 1 aliphatic heterocycles. The van der Waals surface area contributed by atoms with Gasteiger partial charge in [0.2, 0.25) is 0 Å². The summed E-state index contributed by atoms with van der Waals surface area (Å²) in [5.74, 6) is 0.556. The summed E-state index contributed by atoms with van der Waals surface area (Å²) in [5, 5.41) is 3.19. The average Bonchev–Trinajstić information content (AvgIpc) is 2.46. The topological polar surface area (TPSA) is 47.6 Å². The number of rotatable bonds is 3. The summed E-state index contributed by atoms with van der Waals surface area (Å²) in [4.78, 5) is 11.7. The van der Waals surface area contributed by atoms with Crippen molar-refractivity contribution in [1.82, 2.24) is 5.32 Å². The van der Waals surface area contributed by atoms with Crippen LogP contribution < -0.4 is 10.1 Å². The van der Waals surface area contributed by atoms with Gasteiger partial charge >= 0.3 is 5.97 Å². The van der Waals surface area contributed by atoms with Crippen molar-refractivity contribution in [2.24, 2.45) is 0 Å². The molecule has 0 aliphatic carbocycles. The van der Waals surface area contributed by atoms with Crippen LogP contribution in [0.5, 0.6) is 5.75 Å². The number of benzene rings is 1. The number of carbonyl (C=O) groups excluding carboxylic acids is 1. The van der Waals surface area contributed by atoms with Gasteiger partial charge in [-0.15, -0.1) is 0 Å². The average molecular weight is 247 g/mol. The minimum atomic E-state index is -0.256. The molecule has 0 amide bonds. The van der Waals surface area contributed by atoms with E-state index in [9.17, 15) is 4.79 Å². The fourth-order valence-electron chi connectivity index (χ4n) is 2.11. The van der Waals surface area contributed by atoms with Crippen molar-refractivity contribution in [3.63, 3.8) is 0 Å². The number of carbonyl (C=O) groups is 1. The highest BCUT2D eigenvalue weighted by atomic mass is 16.5. The molecule has 18 heavy (non-hydrogen) atoms. The Labute approximate surface area is 107 Å². The lowest BCUT2D eigenvalue weighted by Gasteiger charge is -2.20. The molecule has 0 spiro atoms. The number of methoxy groups -OCH3 is 2. The highest BCUT2D eigenvalue weighted by Gasteiger charge is 2.20. The molecule has 0 saturated heterocycles. The van der Waals surface area contributed by atoms with Crippen LogP contribution in [0.4, 0.5) is 0 Å². The van der Waals surface area contributed by atoms with Crippen molar-refractivity contribution in [3.8, 4) is 5.75 Å². The van der Waals surface area contributed by atoms with Crippen LogP contribution in [0.1, 0.15) is 12.0 Å². The molecule has 2 rings (SSSR count). The normalized spacial score (nSPS) is 15.4. The van der Waals surface area contributed by atoms with E-state index in [-0.39, 0.29) is 5.97 Å². The molecule has 1 aliphatic rings. The molecule has 1 aromatic carbocycles. The van der Waals surface area contributed by atoms with Crippen molar-refractivity contribution in [2.75, 3.05) is 27.3 Å². The van der Waals surface area contributed by atoms with E-state index >= 15 is 0 Å². The summed E-state index contributed by atoms with van der Waals surface area (Å²) in [7, 11) is 3.05. The van der Waals surface area contributed by atoms with Gasteiger partial charge in [-0.3, -0.25) is 0 Å². The Kier molecular flexibility index (Phi) is 3.99. The Hall–Kier alpha value is -1.81. The predicted molar refractivity (Wildman–Crippen MR) is 69.4 cm³/mol. The van der Waals surface area contributed by atoms with E-state index in [1.807, 2.05) is 24.3 Å². The Balaban J connectivity index is 2.37. The Bertz CT molecular complexity index is 462. The second kappa shape index (κ2) is 5.69. The summed E-state index contributed by atoms with van der Waals surface area (Å²) < 4.78 is 9.96. The largest absolute Gasteiger partial charge is 0.497 e. The van der Waals surface area contributed by atoms with E-state index in [0.29, 0.717) is 12.1 Å². The summed E-state index contributed by atoms with van der Waals surface area (Å²) in [6.45, 7) is 1.44. The molecule has 96 valence electrons. The second-order valence-electron chi connectivity index (χ2n) is 4.10. The van der Waals surface area contributed by atoms with Crippen molar-refractivity contribution in [1.29, 1.82) is 0 Å². The third-order valence-electron chi connectivity index (χ3n) is 3.09. The smallest absolute Gasteiger partial charge is 0.335 e. The monoisotopic (exact) mass is 247 g/mol. The lowest BCUT2D eigenvalue weighted by Crippen LogP contribution is -2.28. The van der Waals surface area contributed by atoms with Crippen LogP contribution in [0.25, 0.3) is 5.57 Å². The van der Waals surface area contributed by atoms with Gasteiger partial charge in [0.25, 0.3) is 0 Å². The van der Waals surface area contributed by atoms with Crippen LogP contribution in [0.3, 0.4) is 0 Å². The molecule has 0 unspecified atom stereocenters. The number of esters is 1. The van der Waals surface area contributed by atoms with Crippen LogP contribution in [0.2, 0.25) is 0 Å². The number of ether oxygens (including phenoxy) is 2. The Morgan fingerprint density at radius 3 is 2.56 bits per heavy atom. The van der Waals surface area contributed by atoms with Gasteiger partial charge in [0.1, 0.15) is 5.75 Å². The first kappa shape index (κ1) is 12.6. The van der Waals surface area contributed by atoms with Crippen LogP contribution in [-0.4, -0.2) is 33.3 Å². The summed E-state index contributed by atoms with van der Waals surface area (Å²) in [5.41, 5.74) is 2.83. The predicted octanol–water partition coefficient (Wildman–Crippen LogP) is 1.62. The molecule has 1 heterocycles. The maximum Gasteiger partial charge on any atom is 0.335 e. The third kappa shape index (κ3) is 2.54. The van der Waals surface area contributed by atoms with E-state index in [0.717, 1.165) is 29.9 Å². The van der Waals surface area contributed by atoms with Gasteiger partial charge in [-0.25, -0.2) is 4.79 Å². The zero-order valence-electron chi connectivity index (χ0n) is 10.7. The van der Waals surface area contributed by atoms with Crippen molar-refractivity contribution < 1.29 is 14.3 Å². The van der Waals surface area contributed by atoms with Gasteiger partial charge in [0.05, 0.1) is 19.8 Å². The molecule has 0 atom stereocenters. The lowest BCUT2D eigenvalue weighted by atomic mass is 9.94. The van der Waals surface area contributed by atoms with Gasteiger partial charge in [0.15, 0.2) is 0 Å². The number of hydrogen-bond donors (Lipinski definition) is 1. The standard InChI is InChI=1S/C14H17NO3/c1-17-11-5-3-10(4-6-11)12-7-8-15-9-13(12)14(16)18-2/h3-6,15H,7-9H2,1-2H3. The fourth-order valence-corrected chi connectivity index (χ4v) is 2.11. The third-order valence-corrected chi connectivity index (χ3v) is 3.09. The minimum absolute atomic E-state index is 0.256. The second-order valence-corrected chi connectivity index (χ2v) is 4.10. The number of nitrogens with one attached hydrogen (secondary N) is 1. The quantitative estimate of drug-likeness (QED) is 0.824. The highest BCUT2D eigenvalue weighted by Crippen LogP contribution is 2.26. The van der Waals surface area contributed by atoms with E-state index in [1.54, 1.807) is 7.11 Å². The Morgan fingerprint density at radius 1 is 1.22 bits per heavy atom. The molecule has 4 heteroatoms. The van der Waals surface area contributed by atoms with E-state index < -0.39 is 0 Å². The lowest BCUT2D eigenvalue weighted by molar-refractivity contribution is -0.136. The van der Waals surface area contributed by atoms with Crippen molar-refractivity contribution >= 4 is 11.5 Å². The molecule has 0 radical (unpaired) electrons. The fraction of sp³-hybridized carbons (Fsp3) is 0.357. The SMILES string of the molecule is COC(=O)C1=C(c2ccc(OC)cc2)CCNC1. The molecule has 1 aromatic rings.